The van der Waals surface area contributed by atoms with Crippen LogP contribution in [0.2, 0.25) is 0 Å². The molecule has 65 heavy (non-hydrogen) atoms. The molecule has 0 aliphatic carbocycles. The normalized spacial score (nSPS) is 12.8. The van der Waals surface area contributed by atoms with E-state index in [1.165, 1.54) is 96.3 Å². The van der Waals surface area contributed by atoms with Gasteiger partial charge in [-0.1, -0.05) is 201 Å². The lowest BCUT2D eigenvalue weighted by atomic mass is 10.1. The maximum absolute atomic E-state index is 12.8. The molecule has 0 fully saturated rings. The minimum Gasteiger partial charge on any atom is -0.462 e. The van der Waals surface area contributed by atoms with Crippen molar-refractivity contribution in [3.63, 3.8) is 0 Å². The lowest BCUT2D eigenvalue weighted by Crippen LogP contribution is -2.30. The number of esters is 3. The van der Waals surface area contributed by atoms with Crippen LogP contribution in [0.4, 0.5) is 0 Å². The Kier molecular flexibility index (Phi) is 50.0. The maximum Gasteiger partial charge on any atom is 0.306 e. The van der Waals surface area contributed by atoms with Crippen LogP contribution in [0.3, 0.4) is 0 Å². The molecule has 0 aromatic rings. The Bertz CT molecular complexity index is 1310. The van der Waals surface area contributed by atoms with E-state index in [9.17, 15) is 14.4 Å². The fraction of sp³-hybridized carbons (Fsp3) is 0.678. The number of hydrogen-bond acceptors (Lipinski definition) is 6. The lowest BCUT2D eigenvalue weighted by Gasteiger charge is -2.18. The Morgan fingerprint density at radius 1 is 0.308 bits per heavy atom. The maximum atomic E-state index is 12.8. The van der Waals surface area contributed by atoms with E-state index in [2.05, 4.69) is 118 Å². The lowest BCUT2D eigenvalue weighted by molar-refractivity contribution is -0.167. The number of unbranched alkanes of at least 4 members (excludes halogenated alkanes) is 20. The number of allylic oxidation sites excluding steroid dienone is 16. The Hall–Kier alpha value is -3.67. The third-order valence-electron chi connectivity index (χ3n) is 11.0. The van der Waals surface area contributed by atoms with Crippen molar-refractivity contribution in [2.45, 2.75) is 245 Å². The van der Waals surface area contributed by atoms with Crippen molar-refractivity contribution in [2.75, 3.05) is 13.2 Å². The number of carbonyl (C=O) groups excluding carboxylic acids is 3. The zero-order chi connectivity index (χ0) is 47.2. The molecule has 0 saturated carbocycles. The highest BCUT2D eigenvalue weighted by Gasteiger charge is 2.19. The summed E-state index contributed by atoms with van der Waals surface area (Å²) in [6, 6.07) is 0. The summed E-state index contributed by atoms with van der Waals surface area (Å²) in [5, 5.41) is 0. The van der Waals surface area contributed by atoms with Crippen molar-refractivity contribution in [3.8, 4) is 0 Å². The van der Waals surface area contributed by atoms with Crippen molar-refractivity contribution >= 4 is 17.9 Å². The van der Waals surface area contributed by atoms with Gasteiger partial charge in [-0.15, -0.1) is 0 Å². The topological polar surface area (TPSA) is 78.9 Å². The van der Waals surface area contributed by atoms with E-state index < -0.39 is 6.10 Å². The molecule has 0 radical (unpaired) electrons. The van der Waals surface area contributed by atoms with Gasteiger partial charge in [-0.25, -0.2) is 0 Å². The van der Waals surface area contributed by atoms with Crippen LogP contribution in [0.25, 0.3) is 0 Å². The highest BCUT2D eigenvalue weighted by atomic mass is 16.6. The van der Waals surface area contributed by atoms with E-state index in [1.54, 1.807) is 0 Å². The van der Waals surface area contributed by atoms with Crippen molar-refractivity contribution in [2.24, 2.45) is 0 Å². The van der Waals surface area contributed by atoms with E-state index >= 15 is 0 Å². The van der Waals surface area contributed by atoms with Crippen molar-refractivity contribution in [1.29, 1.82) is 0 Å². The van der Waals surface area contributed by atoms with Crippen LogP contribution in [-0.4, -0.2) is 37.2 Å². The van der Waals surface area contributed by atoms with E-state index in [-0.39, 0.29) is 37.5 Å². The van der Waals surface area contributed by atoms with Crippen molar-refractivity contribution in [3.05, 3.63) is 97.2 Å². The molecular weight excluding hydrogens is 805 g/mol. The molecule has 1 atom stereocenters. The average molecular weight is 903 g/mol. The quantitative estimate of drug-likeness (QED) is 0.0262. The smallest absolute Gasteiger partial charge is 0.306 e. The molecule has 0 aromatic heterocycles. The van der Waals surface area contributed by atoms with Gasteiger partial charge in [0.05, 0.1) is 0 Å². The van der Waals surface area contributed by atoms with E-state index in [0.717, 1.165) is 96.3 Å². The molecule has 0 amide bonds. The monoisotopic (exact) mass is 903 g/mol. The molecule has 0 aliphatic rings. The number of carbonyl (C=O) groups is 3. The Morgan fingerprint density at radius 3 is 1.03 bits per heavy atom. The third kappa shape index (κ3) is 51.2. The standard InChI is InChI=1S/C59H98O6/c1-4-7-10-13-16-19-22-24-26-28-29-31-33-35-38-40-43-46-49-52-58(61)64-55-56(65-59(62)53-50-47-44-41-36-21-18-15-12-9-6-3)54-63-57(60)51-48-45-42-39-37-34-32-30-27-25-23-20-17-14-11-8-5-2/h15-16,18-19,24-27,29,31-32,34-35,38-39,42,56H,4-14,17,20-23,28,30,33,36-37,40-41,43-55H2,1-3H3/b18-15-,19-16-,26-24-,27-25-,31-29-,34-32-,38-35-,42-39-/t56-/m0/s1. The molecule has 0 N–H and O–H groups in total. The molecule has 0 rings (SSSR count). The molecule has 0 bridgehead atoms. The van der Waals surface area contributed by atoms with Gasteiger partial charge in [0.1, 0.15) is 13.2 Å². The second-order valence-electron chi connectivity index (χ2n) is 17.4. The zero-order valence-electron chi connectivity index (χ0n) is 42.2. The van der Waals surface area contributed by atoms with E-state index in [1.807, 2.05) is 0 Å². The first kappa shape index (κ1) is 61.3. The average Bonchev–Trinajstić information content (AvgIpc) is 3.30. The molecule has 0 aromatic carbocycles. The molecule has 0 saturated heterocycles. The largest absolute Gasteiger partial charge is 0.462 e. The highest BCUT2D eigenvalue weighted by Crippen LogP contribution is 2.12. The van der Waals surface area contributed by atoms with Gasteiger partial charge in [0.25, 0.3) is 0 Å². The van der Waals surface area contributed by atoms with Crippen LogP contribution in [0.15, 0.2) is 97.2 Å². The first-order valence-electron chi connectivity index (χ1n) is 26.7. The van der Waals surface area contributed by atoms with Crippen LogP contribution in [0.5, 0.6) is 0 Å². The summed E-state index contributed by atoms with van der Waals surface area (Å²) in [4.78, 5) is 38.0. The summed E-state index contributed by atoms with van der Waals surface area (Å²) < 4.78 is 16.7. The minimum atomic E-state index is -0.815. The number of rotatable bonds is 47. The van der Waals surface area contributed by atoms with Gasteiger partial charge >= 0.3 is 17.9 Å². The Balaban J connectivity index is 4.49. The second-order valence-corrected chi connectivity index (χ2v) is 17.4. The van der Waals surface area contributed by atoms with Crippen molar-refractivity contribution < 1.29 is 28.6 Å². The predicted octanol–water partition coefficient (Wildman–Crippen LogP) is 17.8. The van der Waals surface area contributed by atoms with Crippen LogP contribution in [-0.2, 0) is 28.6 Å². The molecule has 0 spiro atoms. The number of hydrogen-bond donors (Lipinski definition) is 0. The van der Waals surface area contributed by atoms with Crippen LogP contribution in [0, 0.1) is 0 Å². The summed E-state index contributed by atoms with van der Waals surface area (Å²) in [6.45, 7) is 6.48. The SMILES string of the molecule is CCCC/C=C\CCCCCCCC(=O)O[C@@H](COC(=O)CCC/C=C\C/C=C\C/C=C\CCCCCCCC)COC(=O)CCCCC/C=C\C/C=C\C/C=C\C/C=C\CCCCC. The summed E-state index contributed by atoms with van der Waals surface area (Å²) in [5.74, 6) is -1.01. The van der Waals surface area contributed by atoms with E-state index in [4.69, 9.17) is 14.2 Å². The van der Waals surface area contributed by atoms with Gasteiger partial charge < -0.3 is 14.2 Å². The fourth-order valence-corrected chi connectivity index (χ4v) is 6.95. The van der Waals surface area contributed by atoms with Crippen molar-refractivity contribution in [1.82, 2.24) is 0 Å². The van der Waals surface area contributed by atoms with Crippen LogP contribution >= 0.6 is 0 Å². The van der Waals surface area contributed by atoms with Crippen LogP contribution < -0.4 is 0 Å². The van der Waals surface area contributed by atoms with E-state index in [0.29, 0.717) is 19.3 Å². The van der Waals surface area contributed by atoms with Gasteiger partial charge in [-0.2, -0.15) is 0 Å². The molecule has 0 unspecified atom stereocenters. The molecule has 0 heterocycles. The first-order valence-corrected chi connectivity index (χ1v) is 26.7. The molecule has 370 valence electrons. The van der Waals surface area contributed by atoms with Gasteiger partial charge in [-0.05, 0) is 116 Å². The summed E-state index contributed by atoms with van der Waals surface area (Å²) in [7, 11) is 0. The first-order chi connectivity index (χ1) is 32.0. The fourth-order valence-electron chi connectivity index (χ4n) is 6.95. The predicted molar refractivity (Wildman–Crippen MR) is 279 cm³/mol. The second kappa shape index (κ2) is 52.9. The Labute approximate surface area is 400 Å². The summed E-state index contributed by atoms with van der Waals surface area (Å²) >= 11 is 0. The van der Waals surface area contributed by atoms with Gasteiger partial charge in [-0.3, -0.25) is 14.4 Å². The number of ether oxygens (including phenoxy) is 3. The van der Waals surface area contributed by atoms with Gasteiger partial charge in [0, 0.05) is 19.3 Å². The molecular formula is C59H98O6. The third-order valence-corrected chi connectivity index (χ3v) is 11.0. The summed E-state index contributed by atoms with van der Waals surface area (Å²) in [6.07, 6.45) is 69.7. The Morgan fingerprint density at radius 2 is 0.585 bits per heavy atom. The van der Waals surface area contributed by atoms with Gasteiger partial charge in [0.2, 0.25) is 0 Å². The van der Waals surface area contributed by atoms with Crippen LogP contribution in [0.1, 0.15) is 239 Å². The molecule has 6 nitrogen and oxygen atoms in total. The molecule has 6 heteroatoms. The zero-order valence-corrected chi connectivity index (χ0v) is 42.2. The molecule has 0 aliphatic heterocycles. The van der Waals surface area contributed by atoms with Gasteiger partial charge in [0.15, 0.2) is 6.10 Å². The summed E-state index contributed by atoms with van der Waals surface area (Å²) in [5.41, 5.74) is 0. The minimum absolute atomic E-state index is 0.114. The highest BCUT2D eigenvalue weighted by molar-refractivity contribution is 5.71.